The van der Waals surface area contributed by atoms with Crippen molar-refractivity contribution in [2.45, 2.75) is 19.3 Å². The molecule has 2 amide bonds. The van der Waals surface area contributed by atoms with E-state index in [0.717, 1.165) is 11.3 Å². The van der Waals surface area contributed by atoms with E-state index in [4.69, 9.17) is 0 Å². The van der Waals surface area contributed by atoms with Crippen LogP contribution in [-0.4, -0.2) is 22.5 Å². The lowest BCUT2D eigenvalue weighted by Gasteiger charge is -2.41. The molecule has 1 saturated heterocycles. The number of fused-ring (bicyclic) bond motifs is 2. The maximum absolute atomic E-state index is 12.7. The fraction of sp³-hybridized carbons (Fsp3) is 0.438. The van der Waals surface area contributed by atoms with Crippen LogP contribution in [0.2, 0.25) is 0 Å². The van der Waals surface area contributed by atoms with Crippen LogP contribution in [0.15, 0.2) is 24.3 Å². The van der Waals surface area contributed by atoms with Crippen molar-refractivity contribution in [2.24, 2.45) is 23.7 Å². The molecular weight excluding hydrogens is 300 g/mol. The van der Waals surface area contributed by atoms with Crippen LogP contribution in [0.1, 0.15) is 19.3 Å². The number of Topliss-reactive ketones (excluding diaryl/α,β-unsaturated/α-hetero) is 1. The molecule has 7 nitrogen and oxygen atoms in total. The number of imide groups is 1. The molecule has 3 saturated carbocycles. The first kappa shape index (κ1) is 14.0. The summed E-state index contributed by atoms with van der Waals surface area (Å²) >= 11 is 0. The zero-order valence-electron chi connectivity index (χ0n) is 12.2. The first-order valence-electron chi connectivity index (χ1n) is 7.64. The number of carbonyl (C=O) groups excluding carboxylic acids is 3. The van der Waals surface area contributed by atoms with Crippen LogP contribution in [0.4, 0.5) is 11.4 Å². The lowest BCUT2D eigenvalue weighted by molar-refractivity contribution is -0.384. The average Bonchev–Trinajstić information content (AvgIpc) is 2.81. The van der Waals surface area contributed by atoms with Gasteiger partial charge >= 0.3 is 0 Å². The summed E-state index contributed by atoms with van der Waals surface area (Å²) in [4.78, 5) is 48.8. The van der Waals surface area contributed by atoms with E-state index in [0.29, 0.717) is 18.5 Å². The van der Waals surface area contributed by atoms with E-state index < -0.39 is 16.8 Å². The monoisotopic (exact) mass is 314 g/mol. The number of nitro groups is 1. The van der Waals surface area contributed by atoms with Gasteiger partial charge in [0.05, 0.1) is 22.4 Å². The van der Waals surface area contributed by atoms with E-state index >= 15 is 0 Å². The standard InChI is InChI=1S/C16H14N2O5/c19-12-7-8-1-6-11(12)14-13(8)15(20)17(16(14)21)9-2-4-10(5-3-9)18(22)23/h2-5,8,11,13-14H,1,6-7H2. The Morgan fingerprint density at radius 1 is 1.00 bits per heavy atom. The lowest BCUT2D eigenvalue weighted by atomic mass is 9.59. The molecule has 5 rings (SSSR count). The van der Waals surface area contributed by atoms with Crippen molar-refractivity contribution >= 4 is 29.0 Å². The largest absolute Gasteiger partial charge is 0.299 e. The number of non-ortho nitro benzene ring substituents is 1. The first-order chi connectivity index (χ1) is 11.0. The van der Waals surface area contributed by atoms with Gasteiger partial charge in [-0.3, -0.25) is 29.4 Å². The van der Waals surface area contributed by atoms with E-state index in [1.54, 1.807) is 0 Å². The number of anilines is 1. The summed E-state index contributed by atoms with van der Waals surface area (Å²) in [5, 5.41) is 10.7. The summed E-state index contributed by atoms with van der Waals surface area (Å²) in [6.45, 7) is 0. The maximum Gasteiger partial charge on any atom is 0.269 e. The highest BCUT2D eigenvalue weighted by Gasteiger charge is 2.60. The molecule has 4 aliphatic rings. The van der Waals surface area contributed by atoms with E-state index in [-0.39, 0.29) is 35.1 Å². The number of benzene rings is 1. The molecule has 0 radical (unpaired) electrons. The maximum atomic E-state index is 12.7. The summed E-state index contributed by atoms with van der Waals surface area (Å²) in [6.07, 6.45) is 1.88. The molecule has 4 atom stereocenters. The summed E-state index contributed by atoms with van der Waals surface area (Å²) in [5.41, 5.74) is 0.243. The molecule has 23 heavy (non-hydrogen) atoms. The Hall–Kier alpha value is -2.57. The van der Waals surface area contributed by atoms with E-state index in [1.807, 2.05) is 0 Å². The Labute approximate surface area is 131 Å². The number of nitrogens with zero attached hydrogens (tertiary/aromatic N) is 2. The average molecular weight is 314 g/mol. The van der Waals surface area contributed by atoms with Crippen LogP contribution in [0.3, 0.4) is 0 Å². The Bertz CT molecular complexity index is 741. The predicted molar refractivity (Wildman–Crippen MR) is 78.4 cm³/mol. The topological polar surface area (TPSA) is 97.6 Å². The van der Waals surface area contributed by atoms with Gasteiger partial charge in [0.2, 0.25) is 11.8 Å². The highest BCUT2D eigenvalue weighted by Crippen LogP contribution is 2.52. The van der Waals surface area contributed by atoms with Crippen molar-refractivity contribution < 1.29 is 19.3 Å². The second-order valence-corrected chi connectivity index (χ2v) is 6.45. The Morgan fingerprint density at radius 2 is 1.65 bits per heavy atom. The molecule has 4 unspecified atom stereocenters. The predicted octanol–water partition coefficient (Wildman–Crippen LogP) is 1.70. The van der Waals surface area contributed by atoms with Crippen molar-refractivity contribution in [1.29, 1.82) is 0 Å². The van der Waals surface area contributed by atoms with Gasteiger partial charge in [-0.25, -0.2) is 0 Å². The van der Waals surface area contributed by atoms with Crippen molar-refractivity contribution in [3.63, 3.8) is 0 Å². The molecule has 1 aliphatic heterocycles. The molecule has 1 heterocycles. The summed E-state index contributed by atoms with van der Waals surface area (Å²) in [6, 6.07) is 5.37. The van der Waals surface area contributed by atoms with Gasteiger partial charge in [0.15, 0.2) is 0 Å². The van der Waals surface area contributed by atoms with Crippen molar-refractivity contribution in [1.82, 2.24) is 0 Å². The minimum atomic E-state index is -0.544. The van der Waals surface area contributed by atoms with E-state index in [1.165, 1.54) is 24.3 Å². The van der Waals surface area contributed by atoms with Crippen molar-refractivity contribution in [3.8, 4) is 0 Å². The molecule has 0 N–H and O–H groups in total. The molecule has 1 aromatic rings. The van der Waals surface area contributed by atoms with Gasteiger partial charge in [0, 0.05) is 24.5 Å². The van der Waals surface area contributed by atoms with Gasteiger partial charge in [0.25, 0.3) is 5.69 Å². The SMILES string of the molecule is O=C1CC2CCC1C1C(=O)N(c3ccc([N+](=O)[O-])cc3)C(=O)C21. The fourth-order valence-corrected chi connectivity index (χ4v) is 4.36. The number of amides is 2. The van der Waals surface area contributed by atoms with Gasteiger partial charge < -0.3 is 0 Å². The molecule has 0 aromatic heterocycles. The zero-order valence-corrected chi connectivity index (χ0v) is 12.2. The van der Waals surface area contributed by atoms with Gasteiger partial charge in [-0.1, -0.05) is 0 Å². The molecule has 7 heteroatoms. The third-order valence-corrected chi connectivity index (χ3v) is 5.38. The van der Waals surface area contributed by atoms with Crippen LogP contribution >= 0.6 is 0 Å². The number of rotatable bonds is 2. The summed E-state index contributed by atoms with van der Waals surface area (Å²) < 4.78 is 0. The second kappa shape index (κ2) is 4.71. The van der Waals surface area contributed by atoms with Crippen LogP contribution in [0.25, 0.3) is 0 Å². The van der Waals surface area contributed by atoms with Gasteiger partial charge in [-0.15, -0.1) is 0 Å². The third-order valence-electron chi connectivity index (χ3n) is 5.38. The molecule has 118 valence electrons. The highest BCUT2D eigenvalue weighted by atomic mass is 16.6. The van der Waals surface area contributed by atoms with Crippen LogP contribution in [0.5, 0.6) is 0 Å². The molecule has 4 fully saturated rings. The minimum Gasteiger partial charge on any atom is -0.299 e. The quantitative estimate of drug-likeness (QED) is 0.470. The van der Waals surface area contributed by atoms with Crippen LogP contribution < -0.4 is 4.90 Å². The number of hydrogen-bond acceptors (Lipinski definition) is 5. The molecule has 3 aliphatic carbocycles. The molecule has 0 spiro atoms. The van der Waals surface area contributed by atoms with E-state index in [9.17, 15) is 24.5 Å². The van der Waals surface area contributed by atoms with Crippen LogP contribution in [0, 0.1) is 33.8 Å². The molecule has 1 aromatic carbocycles. The Kier molecular flexibility index (Phi) is 2.88. The lowest BCUT2D eigenvalue weighted by Crippen LogP contribution is -2.46. The summed E-state index contributed by atoms with van der Waals surface area (Å²) in [7, 11) is 0. The number of nitro benzene ring substituents is 1. The zero-order chi connectivity index (χ0) is 16.3. The van der Waals surface area contributed by atoms with Crippen LogP contribution in [-0.2, 0) is 14.4 Å². The minimum absolute atomic E-state index is 0.0444. The third kappa shape index (κ3) is 1.85. The molecule has 2 bridgehead atoms. The van der Waals surface area contributed by atoms with Gasteiger partial charge in [-0.2, -0.15) is 0 Å². The van der Waals surface area contributed by atoms with E-state index in [2.05, 4.69) is 0 Å². The Morgan fingerprint density at radius 3 is 2.26 bits per heavy atom. The highest BCUT2D eigenvalue weighted by molar-refractivity contribution is 6.23. The smallest absolute Gasteiger partial charge is 0.269 e. The summed E-state index contributed by atoms with van der Waals surface area (Å²) in [5.74, 6) is -1.85. The first-order valence-corrected chi connectivity index (χ1v) is 7.64. The Balaban J connectivity index is 1.71. The number of hydrogen-bond donors (Lipinski definition) is 0. The van der Waals surface area contributed by atoms with Crippen molar-refractivity contribution in [3.05, 3.63) is 34.4 Å². The number of ketones is 1. The van der Waals surface area contributed by atoms with Gasteiger partial charge in [0.1, 0.15) is 5.78 Å². The number of carbonyl (C=O) groups is 3. The van der Waals surface area contributed by atoms with Crippen molar-refractivity contribution in [2.75, 3.05) is 4.90 Å². The van der Waals surface area contributed by atoms with Gasteiger partial charge in [-0.05, 0) is 30.9 Å². The molecular formula is C16H14N2O5. The second-order valence-electron chi connectivity index (χ2n) is 6.45. The normalized spacial score (nSPS) is 32.3. The fourth-order valence-electron chi connectivity index (χ4n) is 4.36.